The molecule has 0 spiro atoms. The van der Waals surface area contributed by atoms with E-state index in [9.17, 15) is 9.59 Å². The van der Waals surface area contributed by atoms with Crippen LogP contribution < -0.4 is 0 Å². The van der Waals surface area contributed by atoms with Crippen molar-refractivity contribution < 1.29 is 9.59 Å². The van der Waals surface area contributed by atoms with Crippen LogP contribution in [0.15, 0.2) is 23.3 Å². The Morgan fingerprint density at radius 2 is 2.07 bits per heavy atom. The summed E-state index contributed by atoms with van der Waals surface area (Å²) in [5.74, 6) is 0.364. The van der Waals surface area contributed by atoms with Gasteiger partial charge in [-0.1, -0.05) is 19.9 Å². The standard InChI is InChI=1S/C12H16O2/c1-3-10(13)7-5-9-6-8-12(14)11(9)4-2/h5,7H,3-4,6,8H2,1-2H3. The van der Waals surface area contributed by atoms with Crippen molar-refractivity contribution in [2.45, 2.75) is 39.5 Å². The fraction of sp³-hybridized carbons (Fsp3) is 0.500. The predicted molar refractivity (Wildman–Crippen MR) is 56.0 cm³/mol. The van der Waals surface area contributed by atoms with Crippen LogP contribution in [-0.2, 0) is 9.59 Å². The summed E-state index contributed by atoms with van der Waals surface area (Å²) in [4.78, 5) is 22.4. The molecule has 2 nitrogen and oxygen atoms in total. The monoisotopic (exact) mass is 192 g/mol. The molecule has 0 saturated carbocycles. The van der Waals surface area contributed by atoms with Crippen molar-refractivity contribution in [3.63, 3.8) is 0 Å². The van der Waals surface area contributed by atoms with Crippen LogP contribution in [0.25, 0.3) is 0 Å². The highest BCUT2D eigenvalue weighted by Crippen LogP contribution is 2.25. The molecule has 0 aromatic carbocycles. The molecular formula is C12H16O2. The normalized spacial score (nSPS) is 17.1. The van der Waals surface area contributed by atoms with Gasteiger partial charge in [-0.05, 0) is 30.1 Å². The number of carbonyl (C=O) groups is 2. The predicted octanol–water partition coefficient (Wildman–Crippen LogP) is 2.59. The van der Waals surface area contributed by atoms with Gasteiger partial charge in [0.1, 0.15) is 0 Å². The fourth-order valence-corrected chi connectivity index (χ4v) is 1.65. The molecule has 0 amide bonds. The molecule has 76 valence electrons. The lowest BCUT2D eigenvalue weighted by molar-refractivity contribution is -0.115. The number of ketones is 2. The molecule has 0 bridgehead atoms. The summed E-state index contributed by atoms with van der Waals surface area (Å²) in [6.07, 6.45) is 6.12. The van der Waals surface area contributed by atoms with Crippen LogP contribution in [0.4, 0.5) is 0 Å². The summed E-state index contributed by atoms with van der Waals surface area (Å²) in [6.45, 7) is 3.82. The van der Waals surface area contributed by atoms with Crippen LogP contribution in [-0.4, -0.2) is 11.6 Å². The van der Waals surface area contributed by atoms with Crippen molar-refractivity contribution in [2.75, 3.05) is 0 Å². The SMILES string of the molecule is CCC(=O)C=CC1=C(CC)C(=O)CC1. The van der Waals surface area contributed by atoms with E-state index in [0.717, 1.165) is 24.0 Å². The second-order valence-corrected chi connectivity index (χ2v) is 3.43. The van der Waals surface area contributed by atoms with E-state index in [4.69, 9.17) is 0 Å². The Kier molecular flexibility index (Phi) is 3.81. The minimum atomic E-state index is 0.118. The highest BCUT2D eigenvalue weighted by Gasteiger charge is 2.19. The van der Waals surface area contributed by atoms with Gasteiger partial charge in [-0.2, -0.15) is 0 Å². The summed E-state index contributed by atoms with van der Waals surface area (Å²) in [6, 6.07) is 0. The lowest BCUT2D eigenvalue weighted by atomic mass is 10.1. The molecule has 0 unspecified atom stereocenters. The summed E-state index contributed by atoms with van der Waals surface area (Å²) < 4.78 is 0. The van der Waals surface area contributed by atoms with Crippen molar-refractivity contribution in [3.05, 3.63) is 23.3 Å². The fourth-order valence-electron chi connectivity index (χ4n) is 1.65. The van der Waals surface area contributed by atoms with Crippen molar-refractivity contribution in [1.29, 1.82) is 0 Å². The largest absolute Gasteiger partial charge is 0.295 e. The van der Waals surface area contributed by atoms with Crippen LogP contribution in [0, 0.1) is 0 Å². The Labute approximate surface area is 84.7 Å². The van der Waals surface area contributed by atoms with Crippen LogP contribution >= 0.6 is 0 Å². The maximum atomic E-state index is 11.4. The molecular weight excluding hydrogens is 176 g/mol. The van der Waals surface area contributed by atoms with Crippen molar-refractivity contribution in [2.24, 2.45) is 0 Å². The molecule has 0 atom stereocenters. The molecule has 0 fully saturated rings. The Balaban J connectivity index is 2.77. The van der Waals surface area contributed by atoms with Gasteiger partial charge in [0.2, 0.25) is 0 Å². The van der Waals surface area contributed by atoms with Gasteiger partial charge in [0.25, 0.3) is 0 Å². The molecule has 0 heterocycles. The highest BCUT2D eigenvalue weighted by atomic mass is 16.1. The topological polar surface area (TPSA) is 34.1 Å². The number of hydrogen-bond donors (Lipinski definition) is 0. The zero-order valence-electron chi connectivity index (χ0n) is 8.80. The Bertz CT molecular complexity index is 308. The quantitative estimate of drug-likeness (QED) is 0.641. The first kappa shape index (κ1) is 10.9. The van der Waals surface area contributed by atoms with E-state index < -0.39 is 0 Å². The minimum Gasteiger partial charge on any atom is -0.295 e. The molecule has 14 heavy (non-hydrogen) atoms. The average molecular weight is 192 g/mol. The summed E-state index contributed by atoms with van der Waals surface area (Å²) in [7, 11) is 0. The zero-order valence-corrected chi connectivity index (χ0v) is 8.80. The third kappa shape index (κ3) is 2.41. The van der Waals surface area contributed by atoms with Gasteiger partial charge < -0.3 is 0 Å². The first-order valence-corrected chi connectivity index (χ1v) is 5.15. The van der Waals surface area contributed by atoms with Gasteiger partial charge in [-0.25, -0.2) is 0 Å². The van der Waals surface area contributed by atoms with E-state index in [0.29, 0.717) is 12.8 Å². The molecule has 0 N–H and O–H groups in total. The summed E-state index contributed by atoms with van der Waals surface area (Å²) in [5.41, 5.74) is 1.96. The van der Waals surface area contributed by atoms with Crippen molar-refractivity contribution in [1.82, 2.24) is 0 Å². The average Bonchev–Trinajstić information content (AvgIpc) is 2.55. The van der Waals surface area contributed by atoms with E-state index in [1.807, 2.05) is 19.9 Å². The molecule has 1 aliphatic rings. The molecule has 1 aliphatic carbocycles. The Morgan fingerprint density at radius 3 is 2.64 bits per heavy atom. The molecule has 2 heteroatoms. The second-order valence-electron chi connectivity index (χ2n) is 3.43. The van der Waals surface area contributed by atoms with Gasteiger partial charge in [0.05, 0.1) is 0 Å². The Hall–Kier alpha value is -1.18. The third-order valence-electron chi connectivity index (χ3n) is 2.52. The van der Waals surface area contributed by atoms with Gasteiger partial charge in [0.15, 0.2) is 11.6 Å². The van der Waals surface area contributed by atoms with E-state index >= 15 is 0 Å². The number of carbonyl (C=O) groups excluding carboxylic acids is 2. The van der Waals surface area contributed by atoms with Crippen LogP contribution in [0.2, 0.25) is 0 Å². The molecule has 0 aromatic heterocycles. The van der Waals surface area contributed by atoms with Crippen LogP contribution in [0.5, 0.6) is 0 Å². The summed E-state index contributed by atoms with van der Waals surface area (Å²) in [5, 5.41) is 0. The molecule has 0 saturated heterocycles. The number of Topliss-reactive ketones (excluding diaryl/α,β-unsaturated/α-hetero) is 1. The van der Waals surface area contributed by atoms with E-state index in [1.54, 1.807) is 6.08 Å². The first-order valence-electron chi connectivity index (χ1n) is 5.15. The van der Waals surface area contributed by atoms with Gasteiger partial charge in [-0.3, -0.25) is 9.59 Å². The lowest BCUT2D eigenvalue weighted by Crippen LogP contribution is -1.94. The Morgan fingerprint density at radius 1 is 1.36 bits per heavy atom. The minimum absolute atomic E-state index is 0.118. The van der Waals surface area contributed by atoms with Gasteiger partial charge in [0, 0.05) is 12.8 Å². The van der Waals surface area contributed by atoms with Gasteiger partial charge >= 0.3 is 0 Å². The summed E-state index contributed by atoms with van der Waals surface area (Å²) >= 11 is 0. The van der Waals surface area contributed by atoms with Crippen LogP contribution in [0.3, 0.4) is 0 Å². The van der Waals surface area contributed by atoms with Crippen LogP contribution in [0.1, 0.15) is 39.5 Å². The van der Waals surface area contributed by atoms with E-state index in [-0.39, 0.29) is 11.6 Å². The van der Waals surface area contributed by atoms with Crippen molar-refractivity contribution in [3.8, 4) is 0 Å². The van der Waals surface area contributed by atoms with Gasteiger partial charge in [-0.15, -0.1) is 0 Å². The second kappa shape index (κ2) is 4.89. The third-order valence-corrected chi connectivity index (χ3v) is 2.52. The maximum Gasteiger partial charge on any atom is 0.159 e. The van der Waals surface area contributed by atoms with Crippen molar-refractivity contribution >= 4 is 11.6 Å². The maximum absolute atomic E-state index is 11.4. The molecule has 1 rings (SSSR count). The smallest absolute Gasteiger partial charge is 0.159 e. The van der Waals surface area contributed by atoms with E-state index in [1.165, 1.54) is 0 Å². The number of rotatable bonds is 4. The van der Waals surface area contributed by atoms with E-state index in [2.05, 4.69) is 0 Å². The number of hydrogen-bond acceptors (Lipinski definition) is 2. The molecule has 0 aromatic rings. The molecule has 0 aliphatic heterocycles. The molecule has 0 radical (unpaired) electrons. The number of allylic oxidation sites excluding steroid dienone is 4. The zero-order chi connectivity index (χ0) is 10.6. The highest BCUT2D eigenvalue weighted by molar-refractivity contribution is 5.99. The lowest BCUT2D eigenvalue weighted by Gasteiger charge is -1.96. The first-order chi connectivity index (χ1) is 6.69.